The highest BCUT2D eigenvalue weighted by molar-refractivity contribution is 5.78. The molecule has 1 amide bonds. The van der Waals surface area contributed by atoms with Gasteiger partial charge in [0.15, 0.2) is 0 Å². The lowest BCUT2D eigenvalue weighted by Gasteiger charge is -2.33. The van der Waals surface area contributed by atoms with E-state index in [4.69, 9.17) is 5.73 Å². The number of amides is 1. The van der Waals surface area contributed by atoms with E-state index in [0.29, 0.717) is 25.2 Å². The molecule has 2 aliphatic carbocycles. The third-order valence-corrected chi connectivity index (χ3v) is 4.57. The van der Waals surface area contributed by atoms with Crippen molar-refractivity contribution in [1.29, 1.82) is 0 Å². The van der Waals surface area contributed by atoms with Crippen LogP contribution in [0.3, 0.4) is 0 Å². The lowest BCUT2D eigenvalue weighted by Crippen LogP contribution is -2.47. The Morgan fingerprint density at radius 1 is 1.05 bits per heavy atom. The first-order valence-electron chi connectivity index (χ1n) is 8.03. The molecule has 0 radical (unpaired) electrons. The summed E-state index contributed by atoms with van der Waals surface area (Å²) in [6.07, 6.45) is 11.3. The maximum Gasteiger partial charge on any atom is 0.234 e. The number of nitrogens with one attached hydrogen (secondary N) is 1. The number of nitrogens with zero attached hydrogens (tertiary/aromatic N) is 1. The average Bonchev–Trinajstić information content (AvgIpc) is 2.92. The second-order valence-corrected chi connectivity index (χ2v) is 6.10. The Bertz CT molecular complexity index is 271. The van der Waals surface area contributed by atoms with Crippen LogP contribution >= 0.6 is 0 Å². The Morgan fingerprint density at radius 3 is 2.32 bits per heavy atom. The molecule has 0 aromatic carbocycles. The van der Waals surface area contributed by atoms with Crippen LogP contribution in [0.4, 0.5) is 0 Å². The standard InChI is InChI=1S/C15H29N3O/c16-10-11-18(14-8-2-1-3-9-14)12-15(19)17-13-6-4-5-7-13/h13-14H,1-12,16H2,(H,17,19). The Hall–Kier alpha value is -0.610. The van der Waals surface area contributed by atoms with Crippen LogP contribution < -0.4 is 11.1 Å². The Labute approximate surface area is 117 Å². The van der Waals surface area contributed by atoms with Gasteiger partial charge < -0.3 is 11.1 Å². The molecule has 110 valence electrons. The van der Waals surface area contributed by atoms with Crippen molar-refractivity contribution < 1.29 is 4.79 Å². The van der Waals surface area contributed by atoms with Crippen molar-refractivity contribution in [3.63, 3.8) is 0 Å². The zero-order valence-corrected chi connectivity index (χ0v) is 12.1. The highest BCUT2D eigenvalue weighted by atomic mass is 16.2. The molecular formula is C15H29N3O. The van der Waals surface area contributed by atoms with Crippen molar-refractivity contribution in [2.24, 2.45) is 5.73 Å². The van der Waals surface area contributed by atoms with Gasteiger partial charge in [-0.1, -0.05) is 32.1 Å². The molecule has 2 saturated carbocycles. The molecule has 4 nitrogen and oxygen atoms in total. The largest absolute Gasteiger partial charge is 0.352 e. The van der Waals surface area contributed by atoms with Gasteiger partial charge in [0.25, 0.3) is 0 Å². The summed E-state index contributed by atoms with van der Waals surface area (Å²) in [7, 11) is 0. The van der Waals surface area contributed by atoms with Crippen LogP contribution in [-0.4, -0.2) is 42.5 Å². The summed E-state index contributed by atoms with van der Waals surface area (Å²) in [5.74, 6) is 0.200. The van der Waals surface area contributed by atoms with Crippen LogP contribution in [0.2, 0.25) is 0 Å². The van der Waals surface area contributed by atoms with E-state index in [9.17, 15) is 4.79 Å². The summed E-state index contributed by atoms with van der Waals surface area (Å²) in [5, 5.41) is 3.19. The monoisotopic (exact) mass is 267 g/mol. The summed E-state index contributed by atoms with van der Waals surface area (Å²) < 4.78 is 0. The van der Waals surface area contributed by atoms with E-state index in [0.717, 1.165) is 19.4 Å². The average molecular weight is 267 g/mol. The van der Waals surface area contributed by atoms with Gasteiger partial charge in [0.05, 0.1) is 6.54 Å². The second-order valence-electron chi connectivity index (χ2n) is 6.10. The fourth-order valence-electron chi connectivity index (χ4n) is 3.53. The first-order chi connectivity index (χ1) is 9.29. The highest BCUT2D eigenvalue weighted by Gasteiger charge is 2.24. The van der Waals surface area contributed by atoms with E-state index in [-0.39, 0.29) is 5.91 Å². The van der Waals surface area contributed by atoms with Crippen molar-refractivity contribution in [2.75, 3.05) is 19.6 Å². The molecule has 2 rings (SSSR count). The summed E-state index contributed by atoms with van der Waals surface area (Å²) >= 11 is 0. The van der Waals surface area contributed by atoms with Crippen LogP contribution in [0.25, 0.3) is 0 Å². The second kappa shape index (κ2) is 7.85. The first kappa shape index (κ1) is 14.8. The zero-order valence-electron chi connectivity index (χ0n) is 12.1. The van der Waals surface area contributed by atoms with E-state index in [1.54, 1.807) is 0 Å². The predicted molar refractivity (Wildman–Crippen MR) is 77.9 cm³/mol. The van der Waals surface area contributed by atoms with Gasteiger partial charge >= 0.3 is 0 Å². The molecule has 0 saturated heterocycles. The Kier molecular flexibility index (Phi) is 6.11. The van der Waals surface area contributed by atoms with Crippen molar-refractivity contribution in [2.45, 2.75) is 69.9 Å². The fraction of sp³-hybridized carbons (Fsp3) is 0.933. The molecule has 0 spiro atoms. The van der Waals surface area contributed by atoms with Crippen LogP contribution in [0, 0.1) is 0 Å². The summed E-state index contributed by atoms with van der Waals surface area (Å²) in [5.41, 5.74) is 5.70. The summed E-state index contributed by atoms with van der Waals surface area (Å²) in [4.78, 5) is 14.4. The first-order valence-corrected chi connectivity index (χ1v) is 8.03. The molecule has 0 aliphatic heterocycles. The number of carbonyl (C=O) groups excluding carboxylic acids is 1. The Morgan fingerprint density at radius 2 is 1.68 bits per heavy atom. The van der Waals surface area contributed by atoms with Gasteiger partial charge in [-0.05, 0) is 25.7 Å². The molecule has 4 heteroatoms. The third-order valence-electron chi connectivity index (χ3n) is 4.57. The van der Waals surface area contributed by atoms with Crippen LogP contribution in [0.1, 0.15) is 57.8 Å². The van der Waals surface area contributed by atoms with E-state index in [1.165, 1.54) is 44.9 Å². The number of carbonyl (C=O) groups is 1. The van der Waals surface area contributed by atoms with Crippen LogP contribution in [0.15, 0.2) is 0 Å². The van der Waals surface area contributed by atoms with Gasteiger partial charge in [-0.3, -0.25) is 9.69 Å². The van der Waals surface area contributed by atoms with E-state index < -0.39 is 0 Å². The van der Waals surface area contributed by atoms with Gasteiger partial charge in [-0.15, -0.1) is 0 Å². The number of rotatable bonds is 6. The van der Waals surface area contributed by atoms with E-state index in [1.807, 2.05) is 0 Å². The SMILES string of the molecule is NCCN(CC(=O)NC1CCCC1)C1CCCCC1. The molecule has 19 heavy (non-hydrogen) atoms. The highest BCUT2D eigenvalue weighted by Crippen LogP contribution is 2.22. The smallest absolute Gasteiger partial charge is 0.234 e. The van der Waals surface area contributed by atoms with Gasteiger partial charge in [0, 0.05) is 25.2 Å². The van der Waals surface area contributed by atoms with Crippen molar-refractivity contribution in [3.8, 4) is 0 Å². The lowest BCUT2D eigenvalue weighted by molar-refractivity contribution is -0.123. The molecule has 0 unspecified atom stereocenters. The van der Waals surface area contributed by atoms with Gasteiger partial charge in [-0.2, -0.15) is 0 Å². The Balaban J connectivity index is 1.78. The molecule has 2 fully saturated rings. The molecule has 0 atom stereocenters. The minimum atomic E-state index is 0.200. The molecule has 0 aromatic heterocycles. The summed E-state index contributed by atoms with van der Waals surface area (Å²) in [6.45, 7) is 2.04. The van der Waals surface area contributed by atoms with Crippen molar-refractivity contribution >= 4 is 5.91 Å². The van der Waals surface area contributed by atoms with Crippen LogP contribution in [0.5, 0.6) is 0 Å². The van der Waals surface area contributed by atoms with Crippen molar-refractivity contribution in [1.82, 2.24) is 10.2 Å². The van der Waals surface area contributed by atoms with E-state index >= 15 is 0 Å². The van der Waals surface area contributed by atoms with Crippen LogP contribution in [-0.2, 0) is 4.79 Å². The number of nitrogens with two attached hydrogens (primary N) is 1. The van der Waals surface area contributed by atoms with Gasteiger partial charge in [0.1, 0.15) is 0 Å². The van der Waals surface area contributed by atoms with Crippen molar-refractivity contribution in [3.05, 3.63) is 0 Å². The maximum atomic E-state index is 12.1. The molecule has 0 heterocycles. The minimum Gasteiger partial charge on any atom is -0.352 e. The molecular weight excluding hydrogens is 238 g/mol. The number of hydrogen-bond donors (Lipinski definition) is 2. The minimum absolute atomic E-state index is 0.200. The topological polar surface area (TPSA) is 58.4 Å². The van der Waals surface area contributed by atoms with Gasteiger partial charge in [-0.25, -0.2) is 0 Å². The molecule has 0 aromatic rings. The summed E-state index contributed by atoms with van der Waals surface area (Å²) in [6, 6.07) is 1.00. The third kappa shape index (κ3) is 4.77. The zero-order chi connectivity index (χ0) is 13.5. The van der Waals surface area contributed by atoms with E-state index in [2.05, 4.69) is 10.2 Å². The normalized spacial score (nSPS) is 22.0. The predicted octanol–water partition coefficient (Wildman–Crippen LogP) is 1.64. The fourth-order valence-corrected chi connectivity index (χ4v) is 3.53. The van der Waals surface area contributed by atoms with Gasteiger partial charge in [0.2, 0.25) is 5.91 Å². The lowest BCUT2D eigenvalue weighted by atomic mass is 9.94. The maximum absolute atomic E-state index is 12.1. The molecule has 3 N–H and O–H groups in total. The quantitative estimate of drug-likeness (QED) is 0.769. The number of hydrogen-bond acceptors (Lipinski definition) is 3. The molecule has 2 aliphatic rings. The molecule has 0 bridgehead atoms.